The van der Waals surface area contributed by atoms with Crippen LogP contribution in [0, 0.1) is 0 Å². The van der Waals surface area contributed by atoms with E-state index in [1.807, 2.05) is 0 Å². The van der Waals surface area contributed by atoms with E-state index in [1.54, 1.807) is 0 Å². The Balaban J connectivity index is 2.15. The minimum absolute atomic E-state index is 0.320. The van der Waals surface area contributed by atoms with Crippen LogP contribution in [0.3, 0.4) is 0 Å². The molecule has 5 atom stereocenters. The molecule has 0 aromatic carbocycles. The third kappa shape index (κ3) is 19.1. The lowest BCUT2D eigenvalue weighted by molar-refractivity contribution is 0.187. The molecule has 33 heavy (non-hydrogen) atoms. The molecule has 1 fully saturated rings. The first kappa shape index (κ1) is 32.3. The maximum atomic E-state index is 6.38. The summed E-state index contributed by atoms with van der Waals surface area (Å²) in [6.07, 6.45) is 12.1. The van der Waals surface area contributed by atoms with Crippen LogP contribution >= 0.6 is 0 Å². The smallest absolute Gasteiger partial charge is 0.309 e. The maximum Gasteiger partial charge on any atom is 0.309 e. The highest BCUT2D eigenvalue weighted by atomic mass is 28.4. The molecule has 0 aromatic rings. The minimum atomic E-state index is -1.53. The van der Waals surface area contributed by atoms with Crippen molar-refractivity contribution in [3.8, 4) is 0 Å². The molecule has 1 aliphatic rings. The van der Waals surface area contributed by atoms with Gasteiger partial charge in [-0.05, 0) is 50.2 Å². The van der Waals surface area contributed by atoms with E-state index in [4.69, 9.17) is 25.0 Å². The van der Waals surface area contributed by atoms with Crippen molar-refractivity contribution in [1.82, 2.24) is 0 Å². The number of hydrogen-bond acceptors (Lipinski definition) is 6. The van der Waals surface area contributed by atoms with Gasteiger partial charge in [0.05, 0.1) is 0 Å². The van der Waals surface area contributed by atoms with Gasteiger partial charge in [0.2, 0.25) is 0 Å². The molecule has 0 N–H and O–H groups in total. The minimum Gasteiger partial charge on any atom is -0.446 e. The Kier molecular flexibility index (Phi) is 22.0. The number of rotatable bonds is 20. The lowest BCUT2D eigenvalue weighted by Crippen LogP contribution is -2.42. The van der Waals surface area contributed by atoms with Gasteiger partial charge >= 0.3 is 27.9 Å². The van der Waals surface area contributed by atoms with E-state index in [9.17, 15) is 0 Å². The Morgan fingerprint density at radius 1 is 0.879 bits per heavy atom. The van der Waals surface area contributed by atoms with Gasteiger partial charge in [0.15, 0.2) is 9.04 Å². The van der Waals surface area contributed by atoms with Crippen molar-refractivity contribution < 1.29 is 25.0 Å². The van der Waals surface area contributed by atoms with E-state index in [0.29, 0.717) is 6.10 Å². The van der Waals surface area contributed by atoms with E-state index < -0.39 is 66.4 Å². The fourth-order valence-corrected chi connectivity index (χ4v) is 22.9. The molecule has 0 aromatic heterocycles. The molecule has 0 spiro atoms. The first-order valence-electron chi connectivity index (χ1n) is 13.8. The van der Waals surface area contributed by atoms with Crippen LogP contribution in [0.2, 0.25) is 43.3 Å². The largest absolute Gasteiger partial charge is 0.446 e. The van der Waals surface area contributed by atoms with E-state index in [1.165, 1.54) is 75.9 Å². The third-order valence-corrected chi connectivity index (χ3v) is 23.6. The van der Waals surface area contributed by atoms with Gasteiger partial charge in [-0.15, -0.1) is 0 Å². The second-order valence-corrected chi connectivity index (χ2v) is 24.8. The molecule has 0 saturated carbocycles. The van der Waals surface area contributed by atoms with Crippen molar-refractivity contribution in [2.45, 2.75) is 128 Å². The fourth-order valence-electron chi connectivity index (χ4n) is 4.15. The second-order valence-electron chi connectivity index (χ2n) is 9.51. The average molecular weight is 587 g/mol. The van der Waals surface area contributed by atoms with Crippen LogP contribution in [0.25, 0.3) is 0 Å². The first-order valence-corrected chi connectivity index (χ1v) is 26.2. The Morgan fingerprint density at radius 3 is 2.36 bits per heavy atom. The first-order chi connectivity index (χ1) is 16.0. The van der Waals surface area contributed by atoms with Crippen LogP contribution < -0.4 is 0 Å². The zero-order valence-corrected chi connectivity index (χ0v) is 31.2. The molecule has 1 saturated heterocycles. The SMILES string of the molecule is CCCCCC[SiH2]O[SiH](CCCCCC)O[SiH2]O[SiH2]CCC[SiH]1O[SiH](C)CC(C)O[SiH](C)O1. The molecule has 1 heterocycles. The maximum absolute atomic E-state index is 6.38. The molecule has 13 heteroatoms. The normalized spacial score (nSPS) is 26.1. The zero-order valence-electron chi connectivity index (χ0n) is 22.4. The molecule has 0 amide bonds. The van der Waals surface area contributed by atoms with Crippen molar-refractivity contribution in [2.24, 2.45) is 0 Å². The monoisotopic (exact) mass is 586 g/mol. The van der Waals surface area contributed by atoms with E-state index in [0.717, 1.165) is 12.1 Å². The summed E-state index contributed by atoms with van der Waals surface area (Å²) in [5, 5.41) is 0. The Morgan fingerprint density at radius 2 is 1.61 bits per heavy atom. The molecular weight excluding hydrogens is 533 g/mol. The van der Waals surface area contributed by atoms with E-state index in [2.05, 4.69) is 33.9 Å². The summed E-state index contributed by atoms with van der Waals surface area (Å²) < 4.78 is 37.4. The predicted octanol–water partition coefficient (Wildman–Crippen LogP) is 2.69. The average Bonchev–Trinajstić information content (AvgIpc) is 2.76. The summed E-state index contributed by atoms with van der Waals surface area (Å²) in [6.45, 7) is 11.1. The zero-order chi connectivity index (χ0) is 24.2. The van der Waals surface area contributed by atoms with Gasteiger partial charge in [-0.1, -0.05) is 71.6 Å². The highest BCUT2D eigenvalue weighted by Crippen LogP contribution is 2.16. The second kappa shape index (κ2) is 22.5. The Hall–Kier alpha value is 1.28. The molecule has 198 valence electrons. The highest BCUT2D eigenvalue weighted by molar-refractivity contribution is 6.67. The van der Waals surface area contributed by atoms with Gasteiger partial charge in [-0.2, -0.15) is 0 Å². The van der Waals surface area contributed by atoms with Crippen LogP contribution in [0.4, 0.5) is 0 Å². The van der Waals surface area contributed by atoms with Crippen molar-refractivity contribution in [3.05, 3.63) is 0 Å². The summed E-state index contributed by atoms with van der Waals surface area (Å²) in [4.78, 5) is 0. The standard InChI is InChI=1S/C20H54O6Si7/c1-6-8-10-12-15-28-23-32(17-13-11-9-7-2)24-29-22-27-16-14-18-33-25-30(4)19-20(3)21-31(5)26-33/h20,30-33H,6-19,27-29H2,1-5H3. The number of hydrogen-bond donors (Lipinski definition) is 0. The quantitative estimate of drug-likeness (QED) is 0.162. The van der Waals surface area contributed by atoms with Gasteiger partial charge in [-0.25, -0.2) is 0 Å². The summed E-state index contributed by atoms with van der Waals surface area (Å²) in [6, 6.07) is 5.96. The van der Waals surface area contributed by atoms with Crippen molar-refractivity contribution in [2.75, 3.05) is 0 Å². The van der Waals surface area contributed by atoms with Crippen molar-refractivity contribution in [1.29, 1.82) is 0 Å². The lowest BCUT2D eigenvalue weighted by atomic mass is 10.2. The van der Waals surface area contributed by atoms with E-state index in [-0.39, 0.29) is 0 Å². The molecule has 6 nitrogen and oxygen atoms in total. The van der Waals surface area contributed by atoms with Crippen molar-refractivity contribution >= 4 is 66.4 Å². The molecule has 0 aliphatic carbocycles. The highest BCUT2D eigenvalue weighted by Gasteiger charge is 2.27. The van der Waals surface area contributed by atoms with Gasteiger partial charge < -0.3 is 25.0 Å². The molecule has 5 unspecified atom stereocenters. The summed E-state index contributed by atoms with van der Waals surface area (Å²) in [5.41, 5.74) is 0. The lowest BCUT2D eigenvalue weighted by Gasteiger charge is -2.30. The topological polar surface area (TPSA) is 55.4 Å². The molecule has 1 aliphatic heterocycles. The Labute approximate surface area is 218 Å². The predicted molar refractivity (Wildman–Crippen MR) is 159 cm³/mol. The van der Waals surface area contributed by atoms with Gasteiger partial charge in [-0.3, -0.25) is 0 Å². The van der Waals surface area contributed by atoms with E-state index >= 15 is 0 Å². The summed E-state index contributed by atoms with van der Waals surface area (Å²) in [7, 11) is -7.33. The number of unbranched alkanes of at least 4 members (excludes halogenated alkanes) is 6. The van der Waals surface area contributed by atoms with Gasteiger partial charge in [0.1, 0.15) is 19.5 Å². The van der Waals surface area contributed by atoms with Crippen LogP contribution in [-0.2, 0) is 25.0 Å². The molecular formula is C20H54O6Si7. The van der Waals surface area contributed by atoms with Crippen LogP contribution in [0.5, 0.6) is 0 Å². The van der Waals surface area contributed by atoms with Crippen LogP contribution in [-0.4, -0.2) is 72.5 Å². The van der Waals surface area contributed by atoms with Gasteiger partial charge in [0.25, 0.3) is 10.0 Å². The fraction of sp³-hybridized carbons (Fsp3) is 1.00. The summed E-state index contributed by atoms with van der Waals surface area (Å²) >= 11 is 0. The Bertz CT molecular complexity index is 430. The molecule has 1 rings (SSSR count). The van der Waals surface area contributed by atoms with Crippen molar-refractivity contribution in [3.63, 3.8) is 0 Å². The third-order valence-electron chi connectivity index (χ3n) is 5.98. The molecule has 0 bridgehead atoms. The molecule has 0 radical (unpaired) electrons. The van der Waals surface area contributed by atoms with Crippen LogP contribution in [0.15, 0.2) is 0 Å². The summed E-state index contributed by atoms with van der Waals surface area (Å²) in [5.74, 6) is 0. The van der Waals surface area contributed by atoms with Crippen LogP contribution in [0.1, 0.15) is 78.6 Å². The van der Waals surface area contributed by atoms with Gasteiger partial charge in [0, 0.05) is 6.10 Å².